The third kappa shape index (κ3) is 4.58. The first kappa shape index (κ1) is 20.3. The van der Waals surface area contributed by atoms with Crippen molar-refractivity contribution in [2.75, 3.05) is 6.61 Å². The molecule has 0 aliphatic heterocycles. The Bertz CT molecular complexity index is 602. The molecule has 1 unspecified atom stereocenters. The molecule has 1 saturated carbocycles. The van der Waals surface area contributed by atoms with Crippen molar-refractivity contribution < 1.29 is 9.13 Å². The van der Waals surface area contributed by atoms with Crippen LogP contribution in [0.1, 0.15) is 71.8 Å². The molecule has 3 heteroatoms. The molecule has 0 amide bonds. The number of halogens is 2. The molecule has 2 aliphatic carbocycles. The fraction of sp³-hybridized carbons (Fsp3) is 0.636. The van der Waals surface area contributed by atoms with Crippen LogP contribution in [-0.4, -0.2) is 6.61 Å². The van der Waals surface area contributed by atoms with E-state index in [-0.39, 0.29) is 18.3 Å². The maximum Gasteiger partial charge on any atom is 0.153 e. The van der Waals surface area contributed by atoms with Crippen LogP contribution in [-0.2, 0) is 0 Å². The lowest BCUT2D eigenvalue weighted by Crippen LogP contribution is -2.22. The Labute approximate surface area is 157 Å². The summed E-state index contributed by atoms with van der Waals surface area (Å²) in [6, 6.07) is 3.61. The van der Waals surface area contributed by atoms with Gasteiger partial charge in [-0.05, 0) is 74.5 Å². The normalized spacial score (nSPS) is 26.6. The van der Waals surface area contributed by atoms with Gasteiger partial charge in [0.15, 0.2) is 5.82 Å². The summed E-state index contributed by atoms with van der Waals surface area (Å²) in [5, 5.41) is 0.110. The fourth-order valence-electron chi connectivity index (χ4n) is 4.33. The minimum atomic E-state index is -0.334. The number of allylic oxidation sites excluding steroid dienone is 2. The van der Waals surface area contributed by atoms with Gasteiger partial charge in [-0.3, -0.25) is 0 Å². The van der Waals surface area contributed by atoms with E-state index in [1.54, 1.807) is 6.07 Å². The van der Waals surface area contributed by atoms with Gasteiger partial charge < -0.3 is 4.74 Å². The quantitative estimate of drug-likeness (QED) is 0.535. The van der Waals surface area contributed by atoms with Gasteiger partial charge in [0, 0.05) is 5.56 Å². The van der Waals surface area contributed by atoms with E-state index in [1.807, 2.05) is 13.0 Å². The van der Waals surface area contributed by atoms with Gasteiger partial charge in [0.05, 0.1) is 6.61 Å². The summed E-state index contributed by atoms with van der Waals surface area (Å²) in [6.45, 7) is 4.73. The molecule has 1 aromatic carbocycles. The second-order valence-corrected chi connectivity index (χ2v) is 7.83. The van der Waals surface area contributed by atoms with Crippen LogP contribution in [0.3, 0.4) is 0 Å². The number of benzene rings is 1. The minimum absolute atomic E-state index is 0. The highest BCUT2D eigenvalue weighted by molar-refractivity contribution is 6.32. The highest BCUT2D eigenvalue weighted by Gasteiger charge is 2.28. The highest BCUT2D eigenvalue weighted by Crippen LogP contribution is 2.42. The Morgan fingerprint density at radius 1 is 1.12 bits per heavy atom. The lowest BCUT2D eigenvalue weighted by Gasteiger charge is -2.34. The van der Waals surface area contributed by atoms with Crippen molar-refractivity contribution in [2.24, 2.45) is 17.8 Å². The van der Waals surface area contributed by atoms with Crippen LogP contribution in [0.25, 0.3) is 5.57 Å². The summed E-state index contributed by atoms with van der Waals surface area (Å²) in [5.74, 6) is 2.65. The summed E-state index contributed by atoms with van der Waals surface area (Å²) >= 11 is 6.13. The predicted molar refractivity (Wildman–Crippen MR) is 106 cm³/mol. The number of hydrogen-bond acceptors (Lipinski definition) is 1. The standard InChI is InChI=1S/C21H28ClFO.CH4/c1-3-24-19-13-12-18(21(23)20(19)22)17-10-8-16(9-11-17)15-6-4-14(2)5-7-15;/h10,12-16H,3-9,11H2,1-2H3;1H4. The van der Waals surface area contributed by atoms with E-state index in [9.17, 15) is 4.39 Å². The molecule has 0 saturated heterocycles. The molecule has 25 heavy (non-hydrogen) atoms. The van der Waals surface area contributed by atoms with Crippen molar-refractivity contribution in [2.45, 2.75) is 66.2 Å². The van der Waals surface area contributed by atoms with E-state index in [0.717, 1.165) is 36.2 Å². The van der Waals surface area contributed by atoms with E-state index in [4.69, 9.17) is 16.3 Å². The first-order valence-corrected chi connectivity index (χ1v) is 9.78. The Hall–Kier alpha value is -1.02. The lowest BCUT2D eigenvalue weighted by atomic mass is 9.71. The molecular formula is C22H32ClFO. The average molecular weight is 367 g/mol. The summed E-state index contributed by atoms with van der Waals surface area (Å²) in [4.78, 5) is 0. The van der Waals surface area contributed by atoms with Crippen LogP contribution in [0.5, 0.6) is 5.75 Å². The zero-order chi connectivity index (χ0) is 17.1. The smallest absolute Gasteiger partial charge is 0.153 e. The topological polar surface area (TPSA) is 9.23 Å². The maximum absolute atomic E-state index is 14.6. The van der Waals surface area contributed by atoms with E-state index in [2.05, 4.69) is 13.0 Å². The van der Waals surface area contributed by atoms with Crippen LogP contribution in [0.4, 0.5) is 4.39 Å². The Balaban J connectivity index is 0.00000225. The van der Waals surface area contributed by atoms with Crippen molar-refractivity contribution in [1.29, 1.82) is 0 Å². The zero-order valence-electron chi connectivity index (χ0n) is 14.8. The number of rotatable bonds is 4. The second kappa shape index (κ2) is 9.07. The van der Waals surface area contributed by atoms with Gasteiger partial charge in [0.1, 0.15) is 10.8 Å². The first-order chi connectivity index (χ1) is 11.6. The molecule has 3 rings (SSSR count). The SMILES string of the molecule is C.CCOc1ccc(C2=CCC(C3CCC(C)CC3)CC2)c(F)c1Cl. The van der Waals surface area contributed by atoms with Crippen LogP contribution in [0.2, 0.25) is 5.02 Å². The summed E-state index contributed by atoms with van der Waals surface area (Å²) in [6.07, 6.45) is 11.0. The van der Waals surface area contributed by atoms with Gasteiger partial charge >= 0.3 is 0 Å². The van der Waals surface area contributed by atoms with Crippen LogP contribution >= 0.6 is 11.6 Å². The van der Waals surface area contributed by atoms with Crippen molar-refractivity contribution in [3.8, 4) is 5.75 Å². The lowest BCUT2D eigenvalue weighted by molar-refractivity contribution is 0.202. The van der Waals surface area contributed by atoms with Crippen LogP contribution in [0.15, 0.2) is 18.2 Å². The molecule has 1 aromatic rings. The van der Waals surface area contributed by atoms with Gasteiger partial charge in [0.25, 0.3) is 0 Å². The van der Waals surface area contributed by atoms with Gasteiger partial charge in [-0.2, -0.15) is 0 Å². The van der Waals surface area contributed by atoms with Crippen LogP contribution < -0.4 is 4.74 Å². The third-order valence-corrected chi connectivity index (χ3v) is 6.22. The molecule has 0 N–H and O–H groups in total. The monoisotopic (exact) mass is 366 g/mol. The van der Waals surface area contributed by atoms with Gasteiger partial charge in [-0.15, -0.1) is 0 Å². The summed E-state index contributed by atoms with van der Waals surface area (Å²) < 4.78 is 20.0. The second-order valence-electron chi connectivity index (χ2n) is 7.46. The Morgan fingerprint density at radius 2 is 1.84 bits per heavy atom. The zero-order valence-corrected chi connectivity index (χ0v) is 15.5. The Morgan fingerprint density at radius 3 is 2.44 bits per heavy atom. The fourth-order valence-corrected chi connectivity index (χ4v) is 4.55. The highest BCUT2D eigenvalue weighted by atomic mass is 35.5. The van der Waals surface area contributed by atoms with Crippen molar-refractivity contribution in [3.05, 3.63) is 34.6 Å². The number of hydrogen-bond donors (Lipinski definition) is 0. The maximum atomic E-state index is 14.6. The summed E-state index contributed by atoms with van der Waals surface area (Å²) in [5.41, 5.74) is 1.76. The van der Waals surface area contributed by atoms with E-state index in [0.29, 0.717) is 17.9 Å². The molecule has 2 aliphatic rings. The largest absolute Gasteiger partial charge is 0.492 e. The summed E-state index contributed by atoms with van der Waals surface area (Å²) in [7, 11) is 0. The van der Waals surface area contributed by atoms with Gasteiger partial charge in [-0.25, -0.2) is 4.39 Å². The van der Waals surface area contributed by atoms with Crippen LogP contribution in [0, 0.1) is 23.6 Å². The molecule has 0 bridgehead atoms. The number of ether oxygens (including phenoxy) is 1. The van der Waals surface area contributed by atoms with Gasteiger partial charge in [-0.1, -0.05) is 44.9 Å². The molecule has 0 spiro atoms. The molecule has 1 atom stereocenters. The molecule has 1 fully saturated rings. The van der Waals surface area contributed by atoms with Crippen molar-refractivity contribution in [3.63, 3.8) is 0 Å². The minimum Gasteiger partial charge on any atom is -0.492 e. The van der Waals surface area contributed by atoms with E-state index < -0.39 is 0 Å². The molecule has 0 aromatic heterocycles. The molecular weight excluding hydrogens is 335 g/mol. The molecule has 140 valence electrons. The molecule has 1 nitrogen and oxygen atoms in total. The molecule has 0 heterocycles. The van der Waals surface area contributed by atoms with Crippen molar-refractivity contribution >= 4 is 17.2 Å². The van der Waals surface area contributed by atoms with Crippen molar-refractivity contribution in [1.82, 2.24) is 0 Å². The average Bonchev–Trinajstić information content (AvgIpc) is 2.60. The first-order valence-electron chi connectivity index (χ1n) is 9.40. The molecule has 0 radical (unpaired) electrons. The van der Waals surface area contributed by atoms with E-state index >= 15 is 0 Å². The van der Waals surface area contributed by atoms with E-state index in [1.165, 1.54) is 32.1 Å². The predicted octanol–water partition coefficient (Wildman–Crippen LogP) is 7.52. The third-order valence-electron chi connectivity index (χ3n) is 5.87. The Kier molecular flexibility index (Phi) is 7.37. The van der Waals surface area contributed by atoms with Gasteiger partial charge in [0.2, 0.25) is 0 Å².